The molecule has 0 aliphatic carbocycles. The molecule has 0 saturated carbocycles. The second-order valence-corrected chi connectivity index (χ2v) is 3.35. The highest BCUT2D eigenvalue weighted by Gasteiger charge is 2.24. The van der Waals surface area contributed by atoms with Gasteiger partial charge in [-0.15, -0.1) is 0 Å². The van der Waals surface area contributed by atoms with Crippen LogP contribution in [-0.4, -0.2) is 30.3 Å². The molecule has 0 spiro atoms. The molecule has 0 aromatic rings. The maximum absolute atomic E-state index is 10.7. The summed E-state index contributed by atoms with van der Waals surface area (Å²) in [5.74, 6) is 0. The van der Waals surface area contributed by atoms with Gasteiger partial charge in [0.25, 0.3) is 0 Å². The standard InChI is InChI=1S/C10H18N2O/c1-2-4-9(7-11)12-6-3-5-10(12)8-13/h4,8,10H,2-3,5-7,11H2,1H3/b9-4+. The average Bonchev–Trinajstić information content (AvgIpc) is 2.61. The van der Waals surface area contributed by atoms with Gasteiger partial charge < -0.3 is 15.4 Å². The number of hydrogen-bond acceptors (Lipinski definition) is 3. The Morgan fingerprint density at radius 3 is 3.00 bits per heavy atom. The lowest BCUT2D eigenvalue weighted by Crippen LogP contribution is -2.33. The number of allylic oxidation sites excluding steroid dienone is 1. The van der Waals surface area contributed by atoms with Crippen LogP contribution in [0.15, 0.2) is 11.8 Å². The van der Waals surface area contributed by atoms with Crippen LogP contribution in [-0.2, 0) is 4.79 Å². The quantitative estimate of drug-likeness (QED) is 0.657. The number of carbonyl (C=O) groups is 1. The monoisotopic (exact) mass is 182 g/mol. The number of nitrogens with zero attached hydrogens (tertiary/aromatic N) is 1. The highest BCUT2D eigenvalue weighted by atomic mass is 16.1. The zero-order chi connectivity index (χ0) is 9.68. The first-order valence-corrected chi connectivity index (χ1v) is 4.94. The molecule has 1 rings (SSSR count). The van der Waals surface area contributed by atoms with Crippen molar-refractivity contribution in [3.05, 3.63) is 11.8 Å². The van der Waals surface area contributed by atoms with Crippen molar-refractivity contribution in [2.45, 2.75) is 32.2 Å². The lowest BCUT2D eigenvalue weighted by Gasteiger charge is -2.25. The Kier molecular flexibility index (Phi) is 3.96. The van der Waals surface area contributed by atoms with E-state index in [1.54, 1.807) is 0 Å². The molecule has 0 amide bonds. The van der Waals surface area contributed by atoms with Crippen LogP contribution in [0, 0.1) is 0 Å². The highest BCUT2D eigenvalue weighted by molar-refractivity contribution is 5.58. The van der Waals surface area contributed by atoms with Gasteiger partial charge in [-0.2, -0.15) is 0 Å². The molecule has 13 heavy (non-hydrogen) atoms. The van der Waals surface area contributed by atoms with E-state index in [2.05, 4.69) is 17.9 Å². The molecule has 1 unspecified atom stereocenters. The molecule has 74 valence electrons. The molecule has 1 heterocycles. The van der Waals surface area contributed by atoms with E-state index >= 15 is 0 Å². The number of aldehydes is 1. The minimum Gasteiger partial charge on any atom is -0.364 e. The third-order valence-electron chi connectivity index (χ3n) is 2.47. The van der Waals surface area contributed by atoms with E-state index in [0.717, 1.165) is 37.8 Å². The van der Waals surface area contributed by atoms with Gasteiger partial charge in [0.05, 0.1) is 6.04 Å². The average molecular weight is 182 g/mol. The third kappa shape index (κ3) is 2.31. The first-order valence-electron chi connectivity index (χ1n) is 4.94. The Hall–Kier alpha value is -0.830. The van der Waals surface area contributed by atoms with Gasteiger partial charge in [-0.3, -0.25) is 0 Å². The van der Waals surface area contributed by atoms with E-state index in [0.29, 0.717) is 6.54 Å². The van der Waals surface area contributed by atoms with Crippen LogP contribution < -0.4 is 5.73 Å². The number of nitrogens with two attached hydrogens (primary N) is 1. The van der Waals surface area contributed by atoms with E-state index < -0.39 is 0 Å². The molecule has 1 atom stereocenters. The second kappa shape index (κ2) is 5.02. The summed E-state index contributed by atoms with van der Waals surface area (Å²) in [5, 5.41) is 0. The van der Waals surface area contributed by atoms with Crippen molar-refractivity contribution in [2.75, 3.05) is 13.1 Å². The van der Waals surface area contributed by atoms with Crippen LogP contribution >= 0.6 is 0 Å². The fourth-order valence-corrected chi connectivity index (χ4v) is 1.84. The maximum atomic E-state index is 10.7. The molecule has 1 aliphatic heterocycles. The summed E-state index contributed by atoms with van der Waals surface area (Å²) < 4.78 is 0. The van der Waals surface area contributed by atoms with Crippen molar-refractivity contribution in [3.8, 4) is 0 Å². The number of rotatable bonds is 4. The fourth-order valence-electron chi connectivity index (χ4n) is 1.84. The first kappa shape index (κ1) is 10.3. The predicted octanol–water partition coefficient (Wildman–Crippen LogP) is 0.902. The number of carbonyl (C=O) groups excluding carboxylic acids is 1. The SMILES string of the molecule is CC/C=C(\CN)N1CCCC1C=O. The van der Waals surface area contributed by atoms with Gasteiger partial charge in [-0.05, 0) is 19.3 Å². The van der Waals surface area contributed by atoms with Crippen LogP contribution in [0.5, 0.6) is 0 Å². The molecule has 0 aromatic carbocycles. The van der Waals surface area contributed by atoms with Crippen LogP contribution in [0.2, 0.25) is 0 Å². The van der Waals surface area contributed by atoms with Crippen LogP contribution in [0.4, 0.5) is 0 Å². The third-order valence-corrected chi connectivity index (χ3v) is 2.47. The second-order valence-electron chi connectivity index (χ2n) is 3.35. The predicted molar refractivity (Wildman–Crippen MR) is 53.2 cm³/mol. The van der Waals surface area contributed by atoms with Crippen molar-refractivity contribution in [3.63, 3.8) is 0 Å². The molecule has 1 fully saturated rings. The summed E-state index contributed by atoms with van der Waals surface area (Å²) in [6.45, 7) is 3.60. The van der Waals surface area contributed by atoms with Crippen LogP contribution in [0.3, 0.4) is 0 Å². The van der Waals surface area contributed by atoms with Gasteiger partial charge in [0, 0.05) is 18.8 Å². The van der Waals surface area contributed by atoms with E-state index in [9.17, 15) is 4.79 Å². The van der Waals surface area contributed by atoms with Gasteiger partial charge in [0.15, 0.2) is 0 Å². The smallest absolute Gasteiger partial charge is 0.142 e. The molecule has 1 saturated heterocycles. The van der Waals surface area contributed by atoms with E-state index in [4.69, 9.17) is 5.73 Å². The van der Waals surface area contributed by atoms with Crippen molar-refractivity contribution in [1.29, 1.82) is 0 Å². The minimum absolute atomic E-state index is 0.0707. The van der Waals surface area contributed by atoms with E-state index in [1.165, 1.54) is 0 Å². The molecule has 0 aromatic heterocycles. The Morgan fingerprint density at radius 1 is 1.69 bits per heavy atom. The summed E-state index contributed by atoms with van der Waals surface area (Å²) in [6.07, 6.45) is 6.21. The topological polar surface area (TPSA) is 46.3 Å². The van der Waals surface area contributed by atoms with Crippen molar-refractivity contribution in [1.82, 2.24) is 4.90 Å². The molecule has 1 aliphatic rings. The molecule has 0 bridgehead atoms. The van der Waals surface area contributed by atoms with E-state index in [-0.39, 0.29) is 6.04 Å². The molecule has 2 N–H and O–H groups in total. The van der Waals surface area contributed by atoms with Crippen LogP contribution in [0.1, 0.15) is 26.2 Å². The van der Waals surface area contributed by atoms with Gasteiger partial charge >= 0.3 is 0 Å². The summed E-state index contributed by atoms with van der Waals surface area (Å²) in [5.41, 5.74) is 6.75. The van der Waals surface area contributed by atoms with Crippen molar-refractivity contribution in [2.24, 2.45) is 5.73 Å². The Balaban J connectivity index is 2.67. The van der Waals surface area contributed by atoms with Gasteiger partial charge in [0.1, 0.15) is 6.29 Å². The van der Waals surface area contributed by atoms with Crippen molar-refractivity contribution >= 4 is 6.29 Å². The fraction of sp³-hybridized carbons (Fsp3) is 0.700. The molecular weight excluding hydrogens is 164 g/mol. The van der Waals surface area contributed by atoms with Gasteiger partial charge in [-0.25, -0.2) is 0 Å². The summed E-state index contributed by atoms with van der Waals surface area (Å²) in [4.78, 5) is 12.9. The lowest BCUT2D eigenvalue weighted by atomic mass is 10.2. The Labute approximate surface area is 79.6 Å². The van der Waals surface area contributed by atoms with E-state index in [1.807, 2.05) is 0 Å². The summed E-state index contributed by atoms with van der Waals surface area (Å²) in [6, 6.07) is 0.0707. The van der Waals surface area contributed by atoms with Gasteiger partial charge in [-0.1, -0.05) is 13.0 Å². The summed E-state index contributed by atoms with van der Waals surface area (Å²) in [7, 11) is 0. The lowest BCUT2D eigenvalue weighted by molar-refractivity contribution is -0.111. The normalized spacial score (nSPS) is 23.7. The maximum Gasteiger partial charge on any atom is 0.142 e. The minimum atomic E-state index is 0.0707. The molecular formula is C10H18N2O. The first-order chi connectivity index (χ1) is 6.33. The summed E-state index contributed by atoms with van der Waals surface area (Å²) >= 11 is 0. The molecule has 3 heteroatoms. The largest absolute Gasteiger partial charge is 0.364 e. The molecule has 3 nitrogen and oxygen atoms in total. The number of hydrogen-bond donors (Lipinski definition) is 1. The Morgan fingerprint density at radius 2 is 2.46 bits per heavy atom. The highest BCUT2D eigenvalue weighted by Crippen LogP contribution is 2.20. The zero-order valence-corrected chi connectivity index (χ0v) is 8.20. The van der Waals surface area contributed by atoms with Gasteiger partial charge in [0.2, 0.25) is 0 Å². The molecule has 0 radical (unpaired) electrons. The van der Waals surface area contributed by atoms with Crippen molar-refractivity contribution < 1.29 is 4.79 Å². The zero-order valence-electron chi connectivity index (χ0n) is 8.20. The Bertz CT molecular complexity index is 201. The number of likely N-dealkylation sites (tertiary alicyclic amines) is 1. The van der Waals surface area contributed by atoms with Crippen LogP contribution in [0.25, 0.3) is 0 Å².